The van der Waals surface area contributed by atoms with Gasteiger partial charge in [0, 0.05) is 11.8 Å². The topological polar surface area (TPSA) is 56.0 Å². The van der Waals surface area contributed by atoms with E-state index in [2.05, 4.69) is 4.98 Å². The molecule has 0 N–H and O–H groups in total. The van der Waals surface area contributed by atoms with Crippen molar-refractivity contribution in [3.63, 3.8) is 0 Å². The molecule has 0 aliphatic rings. The standard InChI is InChI=1S/C8H9ClN2O2/c1-5(2)6-3-4-7(11(12)13)8(9)10-6/h3-5H,1-2H3. The molecule has 1 heterocycles. The van der Waals surface area contributed by atoms with Crippen LogP contribution in [0.1, 0.15) is 25.5 Å². The Labute approximate surface area is 80.7 Å². The zero-order valence-electron chi connectivity index (χ0n) is 7.32. The molecular formula is C8H9ClN2O2. The second kappa shape index (κ2) is 3.70. The van der Waals surface area contributed by atoms with Crippen LogP contribution in [-0.4, -0.2) is 9.91 Å². The van der Waals surface area contributed by atoms with E-state index in [1.807, 2.05) is 13.8 Å². The molecule has 13 heavy (non-hydrogen) atoms. The van der Waals surface area contributed by atoms with E-state index in [4.69, 9.17) is 11.6 Å². The third-order valence-corrected chi connectivity index (χ3v) is 1.92. The molecule has 0 aromatic carbocycles. The van der Waals surface area contributed by atoms with E-state index >= 15 is 0 Å². The lowest BCUT2D eigenvalue weighted by Gasteiger charge is -2.03. The summed E-state index contributed by atoms with van der Waals surface area (Å²) in [6.45, 7) is 3.90. The molecule has 0 spiro atoms. The van der Waals surface area contributed by atoms with Crippen LogP contribution in [0, 0.1) is 10.1 Å². The van der Waals surface area contributed by atoms with Crippen LogP contribution in [0.2, 0.25) is 5.15 Å². The molecule has 0 saturated heterocycles. The van der Waals surface area contributed by atoms with E-state index in [-0.39, 0.29) is 16.8 Å². The minimum Gasteiger partial charge on any atom is -0.258 e. The number of hydrogen-bond acceptors (Lipinski definition) is 3. The smallest absolute Gasteiger partial charge is 0.258 e. The summed E-state index contributed by atoms with van der Waals surface area (Å²) < 4.78 is 0. The SMILES string of the molecule is CC(C)c1ccc([N+](=O)[O-])c(Cl)n1. The van der Waals surface area contributed by atoms with Crippen molar-refractivity contribution in [3.05, 3.63) is 33.1 Å². The molecule has 0 unspecified atom stereocenters. The van der Waals surface area contributed by atoms with Crippen molar-refractivity contribution in [1.82, 2.24) is 4.98 Å². The molecule has 5 heteroatoms. The maximum atomic E-state index is 10.4. The van der Waals surface area contributed by atoms with Crippen molar-refractivity contribution in [1.29, 1.82) is 0 Å². The van der Waals surface area contributed by atoms with Crippen molar-refractivity contribution in [2.75, 3.05) is 0 Å². The van der Waals surface area contributed by atoms with Crippen LogP contribution in [0.4, 0.5) is 5.69 Å². The number of rotatable bonds is 2. The second-order valence-corrected chi connectivity index (χ2v) is 3.32. The summed E-state index contributed by atoms with van der Waals surface area (Å²) in [6.07, 6.45) is 0. The fourth-order valence-electron chi connectivity index (χ4n) is 0.899. The fraction of sp³-hybridized carbons (Fsp3) is 0.375. The van der Waals surface area contributed by atoms with Crippen molar-refractivity contribution >= 4 is 17.3 Å². The molecule has 0 aliphatic heterocycles. The quantitative estimate of drug-likeness (QED) is 0.419. The van der Waals surface area contributed by atoms with Crippen molar-refractivity contribution < 1.29 is 4.92 Å². The van der Waals surface area contributed by atoms with Crippen LogP contribution in [0.3, 0.4) is 0 Å². The maximum Gasteiger partial charge on any atom is 0.306 e. The van der Waals surface area contributed by atoms with Gasteiger partial charge in [-0.1, -0.05) is 25.4 Å². The predicted molar refractivity (Wildman–Crippen MR) is 50.0 cm³/mol. The lowest BCUT2D eigenvalue weighted by molar-refractivity contribution is -0.385. The monoisotopic (exact) mass is 200 g/mol. The van der Waals surface area contributed by atoms with Crippen LogP contribution >= 0.6 is 11.6 Å². The molecule has 1 aromatic heterocycles. The molecular weight excluding hydrogens is 192 g/mol. The van der Waals surface area contributed by atoms with Gasteiger partial charge in [-0.05, 0) is 12.0 Å². The number of hydrogen-bond donors (Lipinski definition) is 0. The third kappa shape index (κ3) is 2.15. The van der Waals surface area contributed by atoms with Gasteiger partial charge in [-0.15, -0.1) is 0 Å². The lowest BCUT2D eigenvalue weighted by atomic mass is 10.1. The second-order valence-electron chi connectivity index (χ2n) is 2.96. The zero-order chi connectivity index (χ0) is 10.0. The largest absolute Gasteiger partial charge is 0.306 e. The highest BCUT2D eigenvalue weighted by molar-refractivity contribution is 6.31. The molecule has 70 valence electrons. The van der Waals surface area contributed by atoms with E-state index in [9.17, 15) is 10.1 Å². The highest BCUT2D eigenvalue weighted by Crippen LogP contribution is 2.24. The number of nitro groups is 1. The predicted octanol–water partition coefficient (Wildman–Crippen LogP) is 2.77. The van der Waals surface area contributed by atoms with Gasteiger partial charge < -0.3 is 0 Å². The van der Waals surface area contributed by atoms with Gasteiger partial charge in [0.2, 0.25) is 5.15 Å². The van der Waals surface area contributed by atoms with Crippen LogP contribution in [0.15, 0.2) is 12.1 Å². The summed E-state index contributed by atoms with van der Waals surface area (Å²) in [6, 6.07) is 3.00. The van der Waals surface area contributed by atoms with Gasteiger partial charge in [-0.25, -0.2) is 4.98 Å². The van der Waals surface area contributed by atoms with Crippen molar-refractivity contribution in [2.45, 2.75) is 19.8 Å². The Morgan fingerprint density at radius 3 is 2.54 bits per heavy atom. The van der Waals surface area contributed by atoms with Crippen LogP contribution in [0.25, 0.3) is 0 Å². The molecule has 0 aliphatic carbocycles. The summed E-state index contributed by atoms with van der Waals surface area (Å²) in [5, 5.41) is 10.3. The van der Waals surface area contributed by atoms with Gasteiger partial charge in [0.25, 0.3) is 0 Å². The van der Waals surface area contributed by atoms with Gasteiger partial charge in [0.05, 0.1) is 4.92 Å². The van der Waals surface area contributed by atoms with E-state index in [0.717, 1.165) is 5.69 Å². The molecule has 0 saturated carbocycles. The molecule has 0 bridgehead atoms. The van der Waals surface area contributed by atoms with E-state index in [0.29, 0.717) is 0 Å². The maximum absolute atomic E-state index is 10.4. The first-order valence-corrected chi connectivity index (χ1v) is 4.21. The van der Waals surface area contributed by atoms with Gasteiger partial charge in [-0.3, -0.25) is 10.1 Å². The van der Waals surface area contributed by atoms with E-state index in [1.54, 1.807) is 6.07 Å². The molecule has 1 rings (SSSR count). The molecule has 1 aromatic rings. The van der Waals surface area contributed by atoms with Gasteiger partial charge in [0.1, 0.15) is 0 Å². The van der Waals surface area contributed by atoms with Crippen molar-refractivity contribution in [3.8, 4) is 0 Å². The highest BCUT2D eigenvalue weighted by Gasteiger charge is 2.14. The van der Waals surface area contributed by atoms with Gasteiger partial charge in [0.15, 0.2) is 0 Å². The Hall–Kier alpha value is -1.16. The number of halogens is 1. The average molecular weight is 201 g/mol. The highest BCUT2D eigenvalue weighted by atomic mass is 35.5. The minimum atomic E-state index is -0.542. The number of nitrogens with zero attached hydrogens (tertiary/aromatic N) is 2. The Balaban J connectivity index is 3.13. The first kappa shape index (κ1) is 9.92. The molecule has 4 nitrogen and oxygen atoms in total. The van der Waals surface area contributed by atoms with E-state index in [1.165, 1.54) is 6.07 Å². The average Bonchev–Trinajstić information content (AvgIpc) is 2.03. The van der Waals surface area contributed by atoms with Crippen molar-refractivity contribution in [2.24, 2.45) is 0 Å². The number of aromatic nitrogens is 1. The summed E-state index contributed by atoms with van der Waals surface area (Å²) in [4.78, 5) is 13.8. The van der Waals surface area contributed by atoms with Crippen LogP contribution in [0.5, 0.6) is 0 Å². The Kier molecular flexibility index (Phi) is 2.83. The minimum absolute atomic E-state index is 0.0452. The Morgan fingerprint density at radius 1 is 1.54 bits per heavy atom. The zero-order valence-corrected chi connectivity index (χ0v) is 8.08. The Bertz CT molecular complexity index is 339. The molecule has 0 atom stereocenters. The Morgan fingerprint density at radius 2 is 2.15 bits per heavy atom. The van der Waals surface area contributed by atoms with E-state index < -0.39 is 4.92 Å². The molecule has 0 amide bonds. The normalized spacial score (nSPS) is 10.5. The lowest BCUT2D eigenvalue weighted by Crippen LogP contribution is -1.96. The first-order valence-electron chi connectivity index (χ1n) is 3.83. The third-order valence-electron chi connectivity index (χ3n) is 1.64. The summed E-state index contributed by atoms with van der Waals surface area (Å²) >= 11 is 5.62. The summed E-state index contributed by atoms with van der Waals surface area (Å²) in [5.74, 6) is 0.221. The molecule has 0 fully saturated rings. The van der Waals surface area contributed by atoms with Crippen LogP contribution in [-0.2, 0) is 0 Å². The van der Waals surface area contributed by atoms with Gasteiger partial charge in [-0.2, -0.15) is 0 Å². The van der Waals surface area contributed by atoms with Gasteiger partial charge >= 0.3 is 5.69 Å². The summed E-state index contributed by atoms with van der Waals surface area (Å²) in [7, 11) is 0. The fourth-order valence-corrected chi connectivity index (χ4v) is 1.13. The first-order chi connectivity index (χ1) is 6.02. The number of pyridine rings is 1. The summed E-state index contributed by atoms with van der Waals surface area (Å²) in [5.41, 5.74) is 0.613. The molecule has 0 radical (unpaired) electrons. The van der Waals surface area contributed by atoms with Crippen LogP contribution < -0.4 is 0 Å².